The monoisotopic (exact) mass is 485 g/mol. The number of thiophene rings is 1. The van der Waals surface area contributed by atoms with Crippen LogP contribution < -0.4 is 4.90 Å². The third-order valence-corrected chi connectivity index (χ3v) is 7.06. The Morgan fingerprint density at radius 2 is 2.03 bits per heavy atom. The normalized spacial score (nSPS) is 21.0. The van der Waals surface area contributed by atoms with Gasteiger partial charge in [0.05, 0.1) is 11.8 Å². The molecule has 5 rings (SSSR count). The van der Waals surface area contributed by atoms with Gasteiger partial charge in [0, 0.05) is 43.9 Å². The second kappa shape index (κ2) is 10.3. The van der Waals surface area contributed by atoms with Crippen molar-refractivity contribution in [3.05, 3.63) is 54.5 Å². The zero-order chi connectivity index (χ0) is 22.0. The Balaban J connectivity index is 0.000000939. The number of hydrogen-bond acceptors (Lipinski definition) is 5. The van der Waals surface area contributed by atoms with Gasteiger partial charge in [-0.25, -0.2) is 9.97 Å². The van der Waals surface area contributed by atoms with Crippen molar-refractivity contribution < 1.29 is 14.6 Å². The summed E-state index contributed by atoms with van der Waals surface area (Å²) < 4.78 is 38.4. The summed E-state index contributed by atoms with van der Waals surface area (Å²) in [7, 11) is 0. The molecule has 0 radical (unpaired) electrons. The van der Waals surface area contributed by atoms with Gasteiger partial charge in [0.2, 0.25) is 0 Å². The Kier molecular flexibility index (Phi) is 7.89. The summed E-state index contributed by atoms with van der Waals surface area (Å²) in [5.41, 5.74) is 1.24. The molecule has 5 nitrogen and oxygen atoms in total. The lowest BCUT2D eigenvalue weighted by atomic mass is 9.92. The van der Waals surface area contributed by atoms with Gasteiger partial charge in [0.15, 0.2) is 0 Å². The first-order valence-corrected chi connectivity index (χ1v) is 11.2. The van der Waals surface area contributed by atoms with E-state index >= 15 is 0 Å². The van der Waals surface area contributed by atoms with Crippen LogP contribution in [0.4, 0.5) is 19.0 Å². The van der Waals surface area contributed by atoms with E-state index in [2.05, 4.69) is 44.0 Å². The fourth-order valence-corrected chi connectivity index (χ4v) is 5.81. The molecule has 3 aromatic rings. The molecule has 5 heterocycles. The van der Waals surface area contributed by atoms with E-state index in [4.69, 9.17) is 0 Å². The molecule has 0 aliphatic carbocycles. The summed E-state index contributed by atoms with van der Waals surface area (Å²) in [6, 6.07) is 6.32. The van der Waals surface area contributed by atoms with E-state index in [1.807, 2.05) is 12.3 Å². The fraction of sp³-hybridized carbons (Fsp3) is 0.455. The highest BCUT2D eigenvalue weighted by Gasteiger charge is 2.39. The van der Waals surface area contributed by atoms with Gasteiger partial charge in [-0.1, -0.05) is 0 Å². The predicted octanol–water partition coefficient (Wildman–Crippen LogP) is 5.39. The van der Waals surface area contributed by atoms with Gasteiger partial charge < -0.3 is 9.88 Å². The summed E-state index contributed by atoms with van der Waals surface area (Å²) in [5, 5.41) is 0.747. The molecule has 1 N–H and O–H groups in total. The molecule has 2 atom stereocenters. The molecule has 2 aliphatic rings. The third-order valence-electron chi connectivity index (χ3n) is 6.02. The number of fused-ring (bicyclic) bond motifs is 2. The van der Waals surface area contributed by atoms with Gasteiger partial charge in [-0.15, -0.1) is 24.5 Å². The first-order chi connectivity index (χ1) is 15.0. The molecule has 32 heavy (non-hydrogen) atoms. The number of likely N-dealkylation sites (tertiary alicyclic amines) is 1. The number of hydrogen-bond donors (Lipinski definition) is 1. The van der Waals surface area contributed by atoms with Gasteiger partial charge in [0.25, 0.3) is 0 Å². The van der Waals surface area contributed by atoms with Crippen LogP contribution in [0.2, 0.25) is 0 Å². The topological polar surface area (TPSA) is 48.0 Å². The number of piperidine rings is 1. The van der Waals surface area contributed by atoms with Gasteiger partial charge >= 0.3 is 6.18 Å². The number of halogens is 3. The van der Waals surface area contributed by atoms with E-state index in [0.717, 1.165) is 61.6 Å². The Morgan fingerprint density at radius 1 is 1.22 bits per heavy atom. The number of rotatable bonds is 4. The molecule has 2 aliphatic heterocycles. The van der Waals surface area contributed by atoms with E-state index < -0.39 is 12.6 Å². The summed E-state index contributed by atoms with van der Waals surface area (Å²) in [4.78, 5) is 17.7. The van der Waals surface area contributed by atoms with Crippen molar-refractivity contribution in [1.29, 1.82) is 0 Å². The van der Waals surface area contributed by atoms with Gasteiger partial charge in [-0.2, -0.15) is 26.7 Å². The number of anilines is 1. The molecular weight excluding hydrogens is 455 g/mol. The maximum Gasteiger partial charge on any atom is 0.393 e. The number of nitrogens with one attached hydrogen (secondary N) is 1. The smallest absolute Gasteiger partial charge is 0.364 e. The van der Waals surface area contributed by atoms with Crippen LogP contribution in [-0.2, 0) is 13.0 Å². The van der Waals surface area contributed by atoms with Crippen LogP contribution in [0.25, 0.3) is 10.2 Å². The maximum absolute atomic E-state index is 12.8. The second-order valence-corrected chi connectivity index (χ2v) is 9.05. The average Bonchev–Trinajstić information content (AvgIpc) is 3.48. The van der Waals surface area contributed by atoms with E-state index in [1.54, 1.807) is 6.07 Å². The minimum absolute atomic E-state index is 0. The highest BCUT2D eigenvalue weighted by molar-refractivity contribution is 7.59. The average molecular weight is 486 g/mol. The SMILES string of the molecule is C=C.FC(F)(F)Cc1cc2c(N3CC[C@H]4[C@H](CCN4Cc4ccc[nH]4)C3)ncnc2s1.S.[HH]. The van der Waals surface area contributed by atoms with E-state index in [-0.39, 0.29) is 14.9 Å². The minimum atomic E-state index is -4.21. The molecule has 3 aromatic heterocycles. The van der Waals surface area contributed by atoms with Crippen LogP contribution in [0.1, 0.15) is 24.8 Å². The van der Waals surface area contributed by atoms with Gasteiger partial charge in [-0.05, 0) is 43.5 Å². The van der Waals surface area contributed by atoms with Crippen molar-refractivity contribution in [3.8, 4) is 0 Å². The van der Waals surface area contributed by atoms with E-state index in [0.29, 0.717) is 21.7 Å². The molecule has 0 aromatic carbocycles. The van der Waals surface area contributed by atoms with Crippen molar-refractivity contribution in [2.24, 2.45) is 5.92 Å². The van der Waals surface area contributed by atoms with Crippen molar-refractivity contribution in [2.75, 3.05) is 24.5 Å². The number of aromatic nitrogens is 3. The van der Waals surface area contributed by atoms with Crippen LogP contribution >= 0.6 is 24.8 Å². The summed E-state index contributed by atoms with van der Waals surface area (Å²) in [5.74, 6) is 1.33. The second-order valence-electron chi connectivity index (χ2n) is 7.94. The number of H-pyrrole nitrogens is 1. The van der Waals surface area contributed by atoms with Crippen molar-refractivity contribution in [2.45, 2.75) is 38.0 Å². The van der Waals surface area contributed by atoms with Crippen LogP contribution in [0.3, 0.4) is 0 Å². The van der Waals surface area contributed by atoms with Gasteiger partial charge in [-0.3, -0.25) is 4.90 Å². The molecule has 2 saturated heterocycles. The Hall–Kier alpha value is -2.04. The van der Waals surface area contributed by atoms with Crippen LogP contribution in [0.15, 0.2) is 43.9 Å². The molecular formula is C22H30F3N5S2. The Bertz CT molecular complexity index is 1010. The highest BCUT2D eigenvalue weighted by Crippen LogP contribution is 2.38. The van der Waals surface area contributed by atoms with E-state index in [9.17, 15) is 13.2 Å². The van der Waals surface area contributed by atoms with Gasteiger partial charge in [0.1, 0.15) is 17.0 Å². The third kappa shape index (κ3) is 5.29. The molecule has 0 amide bonds. The molecule has 176 valence electrons. The fourth-order valence-electron chi connectivity index (χ4n) is 4.78. The number of nitrogens with zero attached hydrogens (tertiary/aromatic N) is 4. The highest BCUT2D eigenvalue weighted by atomic mass is 32.1. The Labute approximate surface area is 198 Å². The Morgan fingerprint density at radius 3 is 2.75 bits per heavy atom. The van der Waals surface area contributed by atoms with Crippen LogP contribution in [-0.4, -0.2) is 51.7 Å². The summed E-state index contributed by atoms with van der Waals surface area (Å²) in [6.45, 7) is 9.77. The zero-order valence-corrected chi connectivity index (χ0v) is 19.6. The largest absolute Gasteiger partial charge is 0.393 e. The molecule has 10 heteroatoms. The van der Waals surface area contributed by atoms with Crippen molar-refractivity contribution >= 4 is 40.9 Å². The minimum Gasteiger partial charge on any atom is -0.364 e. The predicted molar refractivity (Wildman–Crippen MR) is 131 cm³/mol. The lowest BCUT2D eigenvalue weighted by Crippen LogP contribution is -2.46. The van der Waals surface area contributed by atoms with E-state index in [1.165, 1.54) is 12.0 Å². The van der Waals surface area contributed by atoms with Crippen molar-refractivity contribution in [1.82, 2.24) is 19.9 Å². The first kappa shape index (κ1) is 24.6. The quantitative estimate of drug-likeness (QED) is 0.504. The zero-order valence-electron chi connectivity index (χ0n) is 17.7. The number of alkyl halides is 3. The first-order valence-electron chi connectivity index (χ1n) is 10.4. The molecule has 0 spiro atoms. The molecule has 0 unspecified atom stereocenters. The molecule has 2 fully saturated rings. The molecule has 0 bridgehead atoms. The lowest BCUT2D eigenvalue weighted by molar-refractivity contribution is -0.126. The maximum atomic E-state index is 12.8. The van der Waals surface area contributed by atoms with Crippen LogP contribution in [0.5, 0.6) is 0 Å². The standard InChI is InChI=1S/C20H22F3N5S.C2H4.H2S.H2/c21-20(22,23)9-15-8-16-18(25-12-26-19(16)29-15)28-7-4-17-13(10-28)3-6-27(17)11-14-2-1-5-24-14;1-2;;/h1-2,5,8,12-13,17,24H,3-4,6-7,9-11H2;1-2H2;1H2;1H/t13-,17+;;;/m1.../s1. The van der Waals surface area contributed by atoms with Crippen molar-refractivity contribution in [3.63, 3.8) is 0 Å². The number of aromatic amines is 1. The summed E-state index contributed by atoms with van der Waals surface area (Å²) >= 11 is 1.11. The lowest BCUT2D eigenvalue weighted by Gasteiger charge is -2.38. The van der Waals surface area contributed by atoms with Crippen LogP contribution in [0, 0.1) is 5.92 Å². The summed E-state index contributed by atoms with van der Waals surface area (Å²) in [6.07, 6.45) is 0.490. The molecule has 0 saturated carbocycles.